The molecule has 3 heterocycles. The van der Waals surface area contributed by atoms with E-state index < -0.39 is 6.04 Å². The molecule has 0 bridgehead atoms. The number of halogens is 2. The van der Waals surface area contributed by atoms with Crippen LogP contribution in [0.4, 0.5) is 15.3 Å². The molecular formula is C33H42Br2N6O4. The Labute approximate surface area is 281 Å². The molecular weight excluding hydrogens is 704 g/mol. The number of benzene rings is 2. The molecule has 2 saturated heterocycles. The smallest absolute Gasteiger partial charge is 0.322 e. The number of phenolic OH excluding ortho intramolecular Hbond substituents is 1. The maximum Gasteiger partial charge on any atom is 0.322 e. The van der Waals surface area contributed by atoms with Crippen molar-refractivity contribution in [2.24, 2.45) is 0 Å². The molecule has 0 radical (unpaired) electrons. The van der Waals surface area contributed by atoms with Crippen LogP contribution >= 0.6 is 31.9 Å². The van der Waals surface area contributed by atoms with Crippen LogP contribution in [-0.2, 0) is 17.8 Å². The Bertz CT molecular complexity index is 1380. The molecule has 242 valence electrons. The third-order valence-corrected chi connectivity index (χ3v) is 11.1. The third kappa shape index (κ3) is 7.44. The highest BCUT2D eigenvalue weighted by Gasteiger charge is 2.35. The number of nitrogens with zero attached hydrogens (tertiary/aromatic N) is 4. The van der Waals surface area contributed by atoms with E-state index in [1.807, 2.05) is 34.1 Å². The van der Waals surface area contributed by atoms with Gasteiger partial charge in [0.2, 0.25) is 5.91 Å². The Hall–Kier alpha value is -2.83. The van der Waals surface area contributed by atoms with Crippen LogP contribution in [0.1, 0.15) is 56.1 Å². The number of carbonyl (C=O) groups excluding carboxylic acids is 3. The van der Waals surface area contributed by atoms with Crippen LogP contribution in [0.15, 0.2) is 45.3 Å². The molecule has 1 saturated carbocycles. The number of para-hydroxylation sites is 1. The molecule has 0 spiro atoms. The maximum atomic E-state index is 14.0. The first-order chi connectivity index (χ1) is 21.8. The number of nitrogens with one attached hydrogen (secondary N) is 2. The van der Waals surface area contributed by atoms with Crippen molar-refractivity contribution in [1.29, 1.82) is 0 Å². The Morgan fingerprint density at radius 2 is 1.56 bits per heavy atom. The van der Waals surface area contributed by atoms with Gasteiger partial charge in [-0.2, -0.15) is 0 Å². The third-order valence-electron chi connectivity index (χ3n) is 9.88. The first-order valence-electron chi connectivity index (χ1n) is 16.2. The van der Waals surface area contributed by atoms with Gasteiger partial charge in [0.05, 0.1) is 8.95 Å². The van der Waals surface area contributed by atoms with E-state index in [4.69, 9.17) is 0 Å². The summed E-state index contributed by atoms with van der Waals surface area (Å²) in [5.74, 6) is 0.0174. The van der Waals surface area contributed by atoms with Crippen molar-refractivity contribution in [2.75, 3.05) is 44.6 Å². The fourth-order valence-electron chi connectivity index (χ4n) is 7.28. The highest BCUT2D eigenvalue weighted by atomic mass is 79.9. The summed E-state index contributed by atoms with van der Waals surface area (Å²) in [7, 11) is 0. The summed E-state index contributed by atoms with van der Waals surface area (Å²) in [5.41, 5.74) is 2.77. The van der Waals surface area contributed by atoms with Crippen molar-refractivity contribution < 1.29 is 19.5 Å². The van der Waals surface area contributed by atoms with E-state index in [-0.39, 0.29) is 29.8 Å². The summed E-state index contributed by atoms with van der Waals surface area (Å²) >= 11 is 6.80. The second-order valence-electron chi connectivity index (χ2n) is 12.7. The summed E-state index contributed by atoms with van der Waals surface area (Å²) in [6.07, 6.45) is 8.00. The van der Waals surface area contributed by atoms with Gasteiger partial charge in [-0.3, -0.25) is 9.69 Å². The molecule has 6 rings (SSSR count). The number of piperazine rings is 1. The van der Waals surface area contributed by atoms with Gasteiger partial charge in [-0.25, -0.2) is 9.59 Å². The molecule has 4 aliphatic rings. The molecule has 0 aromatic heterocycles. The second-order valence-corrected chi connectivity index (χ2v) is 14.4. The fraction of sp³-hybridized carbons (Fsp3) is 0.545. The van der Waals surface area contributed by atoms with Crippen molar-refractivity contribution >= 4 is 55.5 Å². The molecule has 5 amide bonds. The van der Waals surface area contributed by atoms with E-state index in [1.54, 1.807) is 17.0 Å². The number of phenols is 1. The number of piperidine rings is 1. The van der Waals surface area contributed by atoms with Crippen molar-refractivity contribution in [2.45, 2.75) is 76.0 Å². The lowest BCUT2D eigenvalue weighted by molar-refractivity contribution is -0.135. The van der Waals surface area contributed by atoms with Gasteiger partial charge in [0.15, 0.2) is 0 Å². The van der Waals surface area contributed by atoms with E-state index in [0.717, 1.165) is 29.9 Å². The summed E-state index contributed by atoms with van der Waals surface area (Å²) in [6.45, 7) is 4.57. The minimum atomic E-state index is -0.746. The normalized spacial score (nSPS) is 20.8. The standard InChI is InChI=1S/C33H42Br2N6O4/c34-26-18-22(19-27(35)30(26)42)20-29(31(43)39-16-14-38(15-17-39)24-7-2-1-3-8-24)37-32(44)40-12-10-25(11-13-40)41-21-23-6-4-5-9-28(23)36-33(41)45/h4-6,9,18-19,24-25,29,42H,1-3,7-8,10-17,20-21H2,(H,36,45)(H,37,44)/t29-/m1/s1. The van der Waals surface area contributed by atoms with Crippen molar-refractivity contribution in [3.8, 4) is 5.75 Å². The van der Waals surface area contributed by atoms with Gasteiger partial charge in [-0.05, 0) is 86.9 Å². The Balaban J connectivity index is 1.09. The lowest BCUT2D eigenvalue weighted by Gasteiger charge is -2.42. The quantitative estimate of drug-likeness (QED) is 0.361. The van der Waals surface area contributed by atoms with E-state index in [2.05, 4.69) is 47.4 Å². The van der Waals surface area contributed by atoms with E-state index in [1.165, 1.54) is 32.1 Å². The average molecular weight is 747 g/mol. The number of hydrogen-bond donors (Lipinski definition) is 3. The van der Waals surface area contributed by atoms with Gasteiger partial charge < -0.3 is 30.4 Å². The van der Waals surface area contributed by atoms with Crippen molar-refractivity contribution in [1.82, 2.24) is 24.9 Å². The minimum absolute atomic E-state index is 0.0343. The topological polar surface area (TPSA) is 108 Å². The molecule has 3 N–H and O–H groups in total. The second kappa shape index (κ2) is 14.3. The monoisotopic (exact) mass is 744 g/mol. The van der Waals surface area contributed by atoms with Crippen molar-refractivity contribution in [3.05, 3.63) is 56.5 Å². The summed E-state index contributed by atoms with van der Waals surface area (Å²) < 4.78 is 1.05. The fourth-order valence-corrected chi connectivity index (χ4v) is 8.57. The molecule has 1 aliphatic carbocycles. The number of carbonyl (C=O) groups is 3. The average Bonchev–Trinajstić information content (AvgIpc) is 3.06. The Morgan fingerprint density at radius 3 is 2.24 bits per heavy atom. The van der Waals surface area contributed by atoms with Gasteiger partial charge >= 0.3 is 12.1 Å². The largest absolute Gasteiger partial charge is 0.506 e. The van der Waals surface area contributed by atoms with Crippen LogP contribution in [0.3, 0.4) is 0 Å². The van der Waals surface area contributed by atoms with Crippen LogP contribution in [0.2, 0.25) is 0 Å². The molecule has 3 fully saturated rings. The Kier molecular flexibility index (Phi) is 10.2. The number of rotatable bonds is 6. The Morgan fingerprint density at radius 1 is 0.889 bits per heavy atom. The lowest BCUT2D eigenvalue weighted by atomic mass is 9.93. The van der Waals surface area contributed by atoms with Crippen LogP contribution in [-0.4, -0.2) is 100 Å². The van der Waals surface area contributed by atoms with Crippen molar-refractivity contribution in [3.63, 3.8) is 0 Å². The molecule has 3 aliphatic heterocycles. The molecule has 2 aromatic carbocycles. The van der Waals surface area contributed by atoms with Gasteiger partial charge in [-0.15, -0.1) is 0 Å². The molecule has 0 unspecified atom stereocenters. The number of urea groups is 2. The van der Waals surface area contributed by atoms with Gasteiger partial charge in [0.25, 0.3) is 0 Å². The highest BCUT2D eigenvalue weighted by molar-refractivity contribution is 9.11. The number of amides is 5. The molecule has 10 nitrogen and oxygen atoms in total. The maximum absolute atomic E-state index is 14.0. The first kappa shape index (κ1) is 32.1. The van der Waals surface area contributed by atoms with Crippen LogP contribution in [0.5, 0.6) is 5.75 Å². The molecule has 2 aromatic rings. The zero-order chi connectivity index (χ0) is 31.5. The predicted octanol–water partition coefficient (Wildman–Crippen LogP) is 5.53. The summed E-state index contributed by atoms with van der Waals surface area (Å²) in [6, 6.07) is 11.0. The van der Waals surface area contributed by atoms with E-state index >= 15 is 0 Å². The number of hydrogen-bond acceptors (Lipinski definition) is 5. The minimum Gasteiger partial charge on any atom is -0.506 e. The summed E-state index contributed by atoms with van der Waals surface area (Å²) in [4.78, 5) is 48.5. The number of fused-ring (bicyclic) bond motifs is 1. The molecule has 12 heteroatoms. The predicted molar refractivity (Wildman–Crippen MR) is 180 cm³/mol. The number of likely N-dealkylation sites (tertiary alicyclic amines) is 1. The first-order valence-corrected chi connectivity index (χ1v) is 17.8. The van der Waals surface area contributed by atoms with Crippen LogP contribution in [0, 0.1) is 0 Å². The van der Waals surface area contributed by atoms with Gasteiger partial charge in [-0.1, -0.05) is 37.5 Å². The SMILES string of the molecule is O=C(N[C@H](Cc1cc(Br)c(O)c(Br)c1)C(=O)N1CCN(C2CCCCC2)CC1)N1CCC(N2Cc3ccccc3NC2=O)CC1. The van der Waals surface area contributed by atoms with E-state index in [0.29, 0.717) is 67.0 Å². The highest BCUT2D eigenvalue weighted by Crippen LogP contribution is 2.34. The summed E-state index contributed by atoms with van der Waals surface area (Å²) in [5, 5.41) is 16.3. The molecule has 45 heavy (non-hydrogen) atoms. The zero-order valence-corrected chi connectivity index (χ0v) is 28.7. The number of aromatic hydroxyl groups is 1. The van der Waals surface area contributed by atoms with Crippen LogP contribution in [0.25, 0.3) is 0 Å². The zero-order valence-electron chi connectivity index (χ0n) is 25.5. The molecule has 1 atom stereocenters. The van der Waals surface area contributed by atoms with Gasteiger partial charge in [0.1, 0.15) is 11.8 Å². The van der Waals surface area contributed by atoms with Gasteiger partial charge in [0, 0.05) is 70.0 Å². The number of anilines is 1. The van der Waals surface area contributed by atoms with Crippen LogP contribution < -0.4 is 10.6 Å². The van der Waals surface area contributed by atoms with E-state index in [9.17, 15) is 19.5 Å². The lowest BCUT2D eigenvalue weighted by Crippen LogP contribution is -2.59.